The number of hydrogen-bond donors (Lipinski definition) is 1. The van der Waals surface area contributed by atoms with Crippen LogP contribution in [0.3, 0.4) is 0 Å². The van der Waals surface area contributed by atoms with E-state index in [-0.39, 0.29) is 5.82 Å². The number of nitrogens with zero attached hydrogens (tertiary/aromatic N) is 1. The molecule has 18 heavy (non-hydrogen) atoms. The van der Waals surface area contributed by atoms with Gasteiger partial charge in [0.15, 0.2) is 0 Å². The summed E-state index contributed by atoms with van der Waals surface area (Å²) in [6.45, 7) is 0. The number of rotatable bonds is 2. The average Bonchev–Trinajstić information content (AvgIpc) is 2.76. The Morgan fingerprint density at radius 3 is 2.83 bits per heavy atom. The molecule has 1 N–H and O–H groups in total. The molecule has 0 saturated heterocycles. The summed E-state index contributed by atoms with van der Waals surface area (Å²) in [7, 11) is 0. The Labute approximate surface area is 112 Å². The highest BCUT2D eigenvalue weighted by molar-refractivity contribution is 9.10. The molecule has 2 nitrogen and oxygen atoms in total. The number of halogens is 2. The molecule has 0 fully saturated rings. The van der Waals surface area contributed by atoms with E-state index in [4.69, 9.17) is 0 Å². The Balaban J connectivity index is 2.01. The van der Waals surface area contributed by atoms with Crippen molar-refractivity contribution in [3.8, 4) is 0 Å². The molecular formula is C14H10BrFN2. The molecule has 0 bridgehead atoms. The van der Waals surface area contributed by atoms with Gasteiger partial charge < -0.3 is 0 Å². The lowest BCUT2D eigenvalue weighted by molar-refractivity contribution is 0.612. The van der Waals surface area contributed by atoms with Crippen LogP contribution in [0, 0.1) is 5.82 Å². The first-order valence-corrected chi connectivity index (χ1v) is 6.39. The summed E-state index contributed by atoms with van der Waals surface area (Å²) >= 11 is 3.25. The Bertz CT molecular complexity index is 706. The molecule has 0 saturated carbocycles. The van der Waals surface area contributed by atoms with Gasteiger partial charge in [-0.25, -0.2) is 4.39 Å². The predicted octanol–water partition coefficient (Wildman–Crippen LogP) is 4.06. The van der Waals surface area contributed by atoms with Crippen LogP contribution in [-0.4, -0.2) is 10.2 Å². The fourth-order valence-electron chi connectivity index (χ4n) is 2.00. The lowest BCUT2D eigenvalue weighted by Gasteiger charge is -2.02. The number of nitrogens with one attached hydrogen (secondary N) is 1. The van der Waals surface area contributed by atoms with E-state index in [0.29, 0.717) is 12.0 Å². The quantitative estimate of drug-likeness (QED) is 0.760. The molecule has 1 aromatic heterocycles. The van der Waals surface area contributed by atoms with Crippen molar-refractivity contribution in [2.45, 2.75) is 6.42 Å². The van der Waals surface area contributed by atoms with E-state index < -0.39 is 0 Å². The second-order valence-electron chi connectivity index (χ2n) is 4.13. The summed E-state index contributed by atoms with van der Waals surface area (Å²) in [6.07, 6.45) is 0.514. The van der Waals surface area contributed by atoms with Crippen LogP contribution in [0.4, 0.5) is 4.39 Å². The Hall–Kier alpha value is -1.68. The van der Waals surface area contributed by atoms with Crippen LogP contribution in [0.5, 0.6) is 0 Å². The zero-order valence-electron chi connectivity index (χ0n) is 9.45. The van der Waals surface area contributed by atoms with Crippen molar-refractivity contribution < 1.29 is 4.39 Å². The third-order valence-electron chi connectivity index (χ3n) is 2.92. The van der Waals surface area contributed by atoms with Crippen molar-refractivity contribution >= 4 is 26.8 Å². The van der Waals surface area contributed by atoms with Gasteiger partial charge in [0.1, 0.15) is 5.82 Å². The fourth-order valence-corrected chi connectivity index (χ4v) is 2.34. The molecule has 0 aliphatic carbocycles. The SMILES string of the molecule is Fc1cc(Br)ccc1Cc1[nH]nc2ccccc12. The molecule has 3 aromatic rings. The number of aromatic amines is 1. The van der Waals surface area contributed by atoms with Gasteiger partial charge in [-0.2, -0.15) is 5.10 Å². The smallest absolute Gasteiger partial charge is 0.127 e. The van der Waals surface area contributed by atoms with Crippen LogP contribution in [0.25, 0.3) is 10.9 Å². The molecule has 90 valence electrons. The van der Waals surface area contributed by atoms with Gasteiger partial charge in [-0.1, -0.05) is 40.2 Å². The van der Waals surface area contributed by atoms with Crippen molar-refractivity contribution in [2.75, 3.05) is 0 Å². The van der Waals surface area contributed by atoms with Gasteiger partial charge in [0.25, 0.3) is 0 Å². The van der Waals surface area contributed by atoms with Crippen molar-refractivity contribution in [3.05, 3.63) is 64.0 Å². The molecule has 1 heterocycles. The normalized spacial score (nSPS) is 11.0. The summed E-state index contributed by atoms with van der Waals surface area (Å²) in [4.78, 5) is 0. The monoisotopic (exact) mass is 304 g/mol. The van der Waals surface area contributed by atoms with E-state index in [2.05, 4.69) is 26.1 Å². The standard InChI is InChI=1S/C14H10BrFN2/c15-10-6-5-9(12(16)8-10)7-14-11-3-1-2-4-13(11)17-18-14/h1-6,8H,7H2,(H,17,18). The van der Waals surface area contributed by atoms with Crippen LogP contribution >= 0.6 is 15.9 Å². The van der Waals surface area contributed by atoms with Crippen molar-refractivity contribution in [2.24, 2.45) is 0 Å². The highest BCUT2D eigenvalue weighted by atomic mass is 79.9. The largest absolute Gasteiger partial charge is 0.281 e. The summed E-state index contributed by atoms with van der Waals surface area (Å²) in [6, 6.07) is 12.9. The molecule has 0 amide bonds. The van der Waals surface area contributed by atoms with E-state index in [1.54, 1.807) is 6.07 Å². The summed E-state index contributed by atoms with van der Waals surface area (Å²) < 4.78 is 14.5. The first-order valence-electron chi connectivity index (χ1n) is 5.60. The Morgan fingerprint density at radius 1 is 1.17 bits per heavy atom. The van der Waals surface area contributed by atoms with Crippen LogP contribution in [0.1, 0.15) is 11.3 Å². The number of H-pyrrole nitrogens is 1. The average molecular weight is 305 g/mol. The first kappa shape index (κ1) is 11.4. The topological polar surface area (TPSA) is 28.7 Å². The highest BCUT2D eigenvalue weighted by Crippen LogP contribution is 2.21. The molecule has 0 radical (unpaired) electrons. The fraction of sp³-hybridized carbons (Fsp3) is 0.0714. The zero-order chi connectivity index (χ0) is 12.5. The van der Waals surface area contributed by atoms with Gasteiger partial charge in [-0.3, -0.25) is 5.10 Å². The maximum atomic E-state index is 13.8. The molecule has 0 unspecified atom stereocenters. The maximum Gasteiger partial charge on any atom is 0.127 e. The second kappa shape index (κ2) is 4.53. The number of hydrogen-bond acceptors (Lipinski definition) is 1. The summed E-state index contributed by atoms with van der Waals surface area (Å²) in [5.74, 6) is -0.206. The van der Waals surface area contributed by atoms with Crippen LogP contribution in [-0.2, 0) is 6.42 Å². The summed E-state index contributed by atoms with van der Waals surface area (Å²) in [5, 5.41) is 8.22. The molecule has 0 aliphatic heterocycles. The Morgan fingerprint density at radius 2 is 2.00 bits per heavy atom. The van der Waals surface area contributed by atoms with E-state index in [1.165, 1.54) is 6.07 Å². The molecule has 3 rings (SSSR count). The van der Waals surface area contributed by atoms with Gasteiger partial charge in [0.2, 0.25) is 0 Å². The molecular weight excluding hydrogens is 295 g/mol. The van der Waals surface area contributed by atoms with Crippen LogP contribution < -0.4 is 0 Å². The minimum absolute atomic E-state index is 0.206. The minimum Gasteiger partial charge on any atom is -0.281 e. The lowest BCUT2D eigenvalue weighted by atomic mass is 10.1. The van der Waals surface area contributed by atoms with Gasteiger partial charge in [0, 0.05) is 22.0 Å². The third-order valence-corrected chi connectivity index (χ3v) is 3.42. The lowest BCUT2D eigenvalue weighted by Crippen LogP contribution is -1.93. The number of benzene rings is 2. The minimum atomic E-state index is -0.206. The molecule has 0 atom stereocenters. The number of fused-ring (bicyclic) bond motifs is 1. The molecule has 0 spiro atoms. The van der Waals surface area contributed by atoms with Crippen LogP contribution in [0.15, 0.2) is 46.9 Å². The first-order chi connectivity index (χ1) is 8.74. The Kier molecular flexibility index (Phi) is 2.88. The van der Waals surface area contributed by atoms with Gasteiger partial charge >= 0.3 is 0 Å². The van der Waals surface area contributed by atoms with Crippen molar-refractivity contribution in [1.82, 2.24) is 10.2 Å². The predicted molar refractivity (Wildman–Crippen MR) is 73.0 cm³/mol. The highest BCUT2D eigenvalue weighted by Gasteiger charge is 2.08. The maximum absolute atomic E-state index is 13.8. The zero-order valence-corrected chi connectivity index (χ0v) is 11.0. The van der Waals surface area contributed by atoms with E-state index in [9.17, 15) is 4.39 Å². The molecule has 0 aliphatic rings. The van der Waals surface area contributed by atoms with E-state index >= 15 is 0 Å². The number of aromatic nitrogens is 2. The van der Waals surface area contributed by atoms with E-state index in [0.717, 1.165) is 21.1 Å². The third kappa shape index (κ3) is 2.04. The van der Waals surface area contributed by atoms with Gasteiger partial charge in [-0.05, 0) is 23.8 Å². The van der Waals surface area contributed by atoms with E-state index in [1.807, 2.05) is 30.3 Å². The van der Waals surface area contributed by atoms with Gasteiger partial charge in [-0.15, -0.1) is 0 Å². The van der Waals surface area contributed by atoms with Crippen molar-refractivity contribution in [3.63, 3.8) is 0 Å². The van der Waals surface area contributed by atoms with Crippen LogP contribution in [0.2, 0.25) is 0 Å². The molecule has 4 heteroatoms. The second-order valence-corrected chi connectivity index (χ2v) is 5.05. The molecule has 2 aromatic carbocycles. The van der Waals surface area contributed by atoms with Gasteiger partial charge in [0.05, 0.1) is 5.52 Å². The number of para-hydroxylation sites is 1. The summed E-state index contributed by atoms with van der Waals surface area (Å²) in [5.41, 5.74) is 2.50. The van der Waals surface area contributed by atoms with Crippen molar-refractivity contribution in [1.29, 1.82) is 0 Å².